The predicted molar refractivity (Wildman–Crippen MR) is 72.9 cm³/mol. The Labute approximate surface area is 113 Å². The van der Waals surface area contributed by atoms with Crippen molar-refractivity contribution in [3.05, 3.63) is 11.6 Å². The highest BCUT2D eigenvalue weighted by Gasteiger charge is 2.84. The van der Waals surface area contributed by atoms with Crippen molar-refractivity contribution in [3.8, 4) is 0 Å². The van der Waals surface area contributed by atoms with Crippen molar-refractivity contribution in [1.82, 2.24) is 5.32 Å². The lowest BCUT2D eigenvalue weighted by Gasteiger charge is -2.78. The van der Waals surface area contributed by atoms with E-state index in [4.69, 9.17) is 0 Å². The predicted octanol–water partition coefficient (Wildman–Crippen LogP) is 2.08. The molecule has 2 heterocycles. The smallest absolute Gasteiger partial charge is 0.249 e. The van der Waals surface area contributed by atoms with Crippen molar-refractivity contribution in [2.75, 3.05) is 6.54 Å². The topological polar surface area (TPSA) is 41.5 Å². The largest absolute Gasteiger partial charge is 0.306 e. The summed E-state index contributed by atoms with van der Waals surface area (Å²) in [6.07, 6.45) is 7.96. The number of nitrogens with one attached hydrogen (secondary N) is 1. The standard InChI is InChI=1S/C16H20N2O/c1-9-7-12-10-3-2-6-17-16(10)11-4-5-13(19)18-14(11)15(12,16)8-9/h4,9-10,12,17H,2-3,5-8H2,1H3. The SMILES string of the molecule is CC1CC2C3CCCNC34C3=CCC(=O)N=C3C24C1. The van der Waals surface area contributed by atoms with E-state index in [-0.39, 0.29) is 16.9 Å². The number of hydrogen-bond acceptors (Lipinski definition) is 2. The van der Waals surface area contributed by atoms with E-state index in [1.165, 1.54) is 37.0 Å². The molecule has 0 bridgehead atoms. The fraction of sp³-hybridized carbons (Fsp3) is 0.750. The Morgan fingerprint density at radius 3 is 3.21 bits per heavy atom. The van der Waals surface area contributed by atoms with Crippen molar-refractivity contribution >= 4 is 11.6 Å². The van der Waals surface area contributed by atoms with Crippen LogP contribution in [0.5, 0.6) is 0 Å². The monoisotopic (exact) mass is 256 g/mol. The number of nitrogens with zero attached hydrogens (tertiary/aromatic N) is 1. The van der Waals surface area contributed by atoms with Crippen molar-refractivity contribution in [2.24, 2.45) is 28.2 Å². The van der Waals surface area contributed by atoms with Gasteiger partial charge in [-0.05, 0) is 55.6 Å². The number of piperidine rings is 1. The zero-order chi connectivity index (χ0) is 12.8. The molecule has 3 nitrogen and oxygen atoms in total. The molecule has 0 radical (unpaired) electrons. The number of carbonyl (C=O) groups is 1. The van der Waals surface area contributed by atoms with Crippen LogP contribution < -0.4 is 5.32 Å². The summed E-state index contributed by atoms with van der Waals surface area (Å²) in [5.41, 5.74) is 3.05. The van der Waals surface area contributed by atoms with Crippen LogP contribution in [0.3, 0.4) is 0 Å². The number of aliphatic imine (C=N–C) groups is 1. The maximum Gasteiger partial charge on any atom is 0.249 e. The first kappa shape index (κ1) is 10.8. The highest BCUT2D eigenvalue weighted by atomic mass is 16.1. The van der Waals surface area contributed by atoms with Gasteiger partial charge >= 0.3 is 0 Å². The number of carbonyl (C=O) groups excluding carboxylic acids is 1. The molecule has 5 unspecified atom stereocenters. The Morgan fingerprint density at radius 2 is 2.32 bits per heavy atom. The summed E-state index contributed by atoms with van der Waals surface area (Å²) in [7, 11) is 0. The molecule has 0 aromatic rings. The van der Waals surface area contributed by atoms with Crippen LogP contribution in [0, 0.1) is 23.2 Å². The van der Waals surface area contributed by atoms with Gasteiger partial charge in [0.05, 0.1) is 11.3 Å². The third-order valence-electron chi connectivity index (χ3n) is 6.62. The molecule has 3 heteroatoms. The zero-order valence-electron chi connectivity index (χ0n) is 11.4. The highest BCUT2D eigenvalue weighted by Crippen LogP contribution is 2.79. The Morgan fingerprint density at radius 1 is 1.42 bits per heavy atom. The Hall–Kier alpha value is -0.960. The van der Waals surface area contributed by atoms with Gasteiger partial charge in [0.1, 0.15) is 0 Å². The van der Waals surface area contributed by atoms with Crippen LogP contribution in [0.1, 0.15) is 39.0 Å². The quantitative estimate of drug-likeness (QED) is 0.721. The van der Waals surface area contributed by atoms with Crippen LogP contribution in [-0.2, 0) is 4.79 Å². The molecule has 0 aromatic carbocycles. The maximum absolute atomic E-state index is 11.7. The normalized spacial score (nSPS) is 53.7. The highest BCUT2D eigenvalue weighted by molar-refractivity contribution is 6.22. The molecular formula is C16H20N2O. The summed E-state index contributed by atoms with van der Waals surface area (Å²) in [6.45, 7) is 3.51. The van der Waals surface area contributed by atoms with Gasteiger partial charge in [0, 0.05) is 11.8 Å². The molecule has 19 heavy (non-hydrogen) atoms. The van der Waals surface area contributed by atoms with E-state index in [9.17, 15) is 4.79 Å². The second-order valence-corrected chi connectivity index (χ2v) is 7.28. The van der Waals surface area contributed by atoms with Gasteiger partial charge in [-0.1, -0.05) is 13.0 Å². The van der Waals surface area contributed by atoms with Gasteiger partial charge in [-0.15, -0.1) is 0 Å². The Bertz CT molecular complexity index is 563. The lowest BCUT2D eigenvalue weighted by molar-refractivity contribution is -0.124. The third-order valence-corrected chi connectivity index (χ3v) is 6.62. The van der Waals surface area contributed by atoms with Crippen molar-refractivity contribution in [2.45, 2.75) is 44.6 Å². The van der Waals surface area contributed by atoms with Gasteiger partial charge < -0.3 is 5.32 Å². The van der Waals surface area contributed by atoms with E-state index in [2.05, 4.69) is 23.3 Å². The zero-order valence-corrected chi connectivity index (χ0v) is 11.4. The van der Waals surface area contributed by atoms with Gasteiger partial charge in [-0.3, -0.25) is 4.79 Å². The molecule has 4 fully saturated rings. The lowest BCUT2D eigenvalue weighted by atomic mass is 9.29. The summed E-state index contributed by atoms with van der Waals surface area (Å²) in [4.78, 5) is 16.2. The molecular weight excluding hydrogens is 236 g/mol. The minimum absolute atomic E-state index is 0.0699. The average Bonchev–Trinajstić information content (AvgIpc) is 2.75. The first-order valence-corrected chi connectivity index (χ1v) is 7.78. The molecule has 100 valence electrons. The van der Waals surface area contributed by atoms with Gasteiger partial charge in [0.2, 0.25) is 5.91 Å². The van der Waals surface area contributed by atoms with Crippen LogP contribution in [0.25, 0.3) is 0 Å². The Kier molecular flexibility index (Phi) is 1.72. The lowest BCUT2D eigenvalue weighted by Crippen LogP contribution is -2.88. The minimum Gasteiger partial charge on any atom is -0.306 e. The number of hydrogen-bond donors (Lipinski definition) is 1. The van der Waals surface area contributed by atoms with E-state index in [0.717, 1.165) is 24.3 Å². The fourth-order valence-electron chi connectivity index (χ4n) is 6.37. The van der Waals surface area contributed by atoms with E-state index >= 15 is 0 Å². The third kappa shape index (κ3) is 0.884. The Balaban J connectivity index is 1.70. The van der Waals surface area contributed by atoms with Crippen molar-refractivity contribution < 1.29 is 4.79 Å². The second kappa shape index (κ2) is 3.03. The second-order valence-electron chi connectivity index (χ2n) is 7.28. The maximum atomic E-state index is 11.7. The summed E-state index contributed by atoms with van der Waals surface area (Å²) >= 11 is 0. The van der Waals surface area contributed by atoms with Crippen LogP contribution >= 0.6 is 0 Å². The summed E-state index contributed by atoms with van der Waals surface area (Å²) < 4.78 is 0. The van der Waals surface area contributed by atoms with E-state index in [1.807, 2.05) is 0 Å². The molecule has 2 spiro atoms. The molecule has 3 saturated carbocycles. The van der Waals surface area contributed by atoms with Crippen molar-refractivity contribution in [3.63, 3.8) is 0 Å². The van der Waals surface area contributed by atoms with Crippen LogP contribution in [0.4, 0.5) is 0 Å². The number of dihydropyridines is 1. The van der Waals surface area contributed by atoms with E-state index in [1.54, 1.807) is 0 Å². The molecule has 5 aliphatic rings. The number of rotatable bonds is 0. The molecule has 5 rings (SSSR count). The number of fused-ring (bicyclic) bond motifs is 2. The molecule has 5 atom stereocenters. The summed E-state index contributed by atoms with van der Waals surface area (Å²) in [6, 6.07) is 0. The summed E-state index contributed by atoms with van der Waals surface area (Å²) in [5, 5.41) is 3.87. The summed E-state index contributed by atoms with van der Waals surface area (Å²) in [5.74, 6) is 2.46. The first-order valence-electron chi connectivity index (χ1n) is 7.78. The molecule has 2 aliphatic heterocycles. The van der Waals surface area contributed by atoms with Crippen LogP contribution in [0.2, 0.25) is 0 Å². The minimum atomic E-state index is 0.0699. The van der Waals surface area contributed by atoms with Gasteiger partial charge in [-0.2, -0.15) is 0 Å². The molecule has 1 N–H and O–H groups in total. The van der Waals surface area contributed by atoms with E-state index in [0.29, 0.717) is 6.42 Å². The van der Waals surface area contributed by atoms with Gasteiger partial charge in [0.15, 0.2) is 0 Å². The van der Waals surface area contributed by atoms with Crippen LogP contribution in [0.15, 0.2) is 16.6 Å². The van der Waals surface area contributed by atoms with Crippen molar-refractivity contribution in [1.29, 1.82) is 0 Å². The fourth-order valence-corrected chi connectivity index (χ4v) is 6.37. The van der Waals surface area contributed by atoms with Gasteiger partial charge in [-0.25, -0.2) is 4.99 Å². The molecule has 1 saturated heterocycles. The average molecular weight is 256 g/mol. The van der Waals surface area contributed by atoms with E-state index < -0.39 is 0 Å². The molecule has 1 amide bonds. The number of amides is 1. The molecule has 3 aliphatic carbocycles. The van der Waals surface area contributed by atoms with Crippen LogP contribution in [-0.4, -0.2) is 23.7 Å². The molecule has 0 aromatic heterocycles. The first-order chi connectivity index (χ1) is 9.20. The van der Waals surface area contributed by atoms with Gasteiger partial charge in [0.25, 0.3) is 0 Å².